The van der Waals surface area contributed by atoms with Gasteiger partial charge in [-0.1, -0.05) is 12.1 Å². The number of aromatic nitrogens is 1. The van der Waals surface area contributed by atoms with Gasteiger partial charge in [-0.05, 0) is 62.2 Å². The Hall–Kier alpha value is -1.33. The molecule has 5 heteroatoms. The molecule has 0 fully saturated rings. The maximum Gasteiger partial charge on any atom is 0.189 e. The van der Waals surface area contributed by atoms with Crippen LogP contribution in [0.4, 0.5) is 0 Å². The van der Waals surface area contributed by atoms with Crippen molar-refractivity contribution in [2.45, 2.75) is 0 Å². The monoisotopic (exact) mass is 369 g/mol. The molecule has 0 aliphatic heterocycles. The summed E-state index contributed by atoms with van der Waals surface area (Å²) in [5.74, 6) is -0.254. The molecule has 0 radical (unpaired) electrons. The molecule has 2 aromatic rings. The van der Waals surface area contributed by atoms with Gasteiger partial charge in [0.15, 0.2) is 5.78 Å². The lowest BCUT2D eigenvalue weighted by Crippen LogP contribution is -1.94. The predicted molar refractivity (Wildman–Crippen MR) is 77.7 cm³/mol. The van der Waals surface area contributed by atoms with E-state index in [1.807, 2.05) is 6.07 Å². The highest BCUT2D eigenvalue weighted by Gasteiger charge is 2.07. The van der Waals surface area contributed by atoms with E-state index in [0.29, 0.717) is 5.56 Å². The third-order valence-corrected chi connectivity index (χ3v) is 4.11. The highest BCUT2D eigenvalue weighted by molar-refractivity contribution is 9.13. The Morgan fingerprint density at radius 3 is 2.61 bits per heavy atom. The second-order valence-corrected chi connectivity index (χ2v) is 5.25. The predicted octanol–water partition coefficient (Wildman–Crippen LogP) is 4.14. The van der Waals surface area contributed by atoms with Crippen LogP contribution in [0.25, 0.3) is 6.08 Å². The van der Waals surface area contributed by atoms with E-state index in [1.165, 1.54) is 12.1 Å². The second-order valence-electron chi connectivity index (χ2n) is 3.60. The summed E-state index contributed by atoms with van der Waals surface area (Å²) in [5.41, 5.74) is 1.08. The molecular weight excluding hydrogens is 362 g/mol. The Morgan fingerprint density at radius 1 is 1.28 bits per heavy atom. The molecule has 0 atom stereocenters. The number of H-pyrrole nitrogens is 1. The van der Waals surface area contributed by atoms with Crippen LogP contribution in [0.5, 0.6) is 5.75 Å². The Morgan fingerprint density at radius 2 is 2.00 bits per heavy atom. The molecule has 1 aromatic carbocycles. The minimum atomic E-state index is -0.241. The maximum atomic E-state index is 11.8. The summed E-state index contributed by atoms with van der Waals surface area (Å²) >= 11 is 6.66. The van der Waals surface area contributed by atoms with Crippen LogP contribution in [0.3, 0.4) is 0 Å². The van der Waals surface area contributed by atoms with Crippen LogP contribution >= 0.6 is 31.9 Å². The lowest BCUT2D eigenvalue weighted by atomic mass is 10.1. The van der Waals surface area contributed by atoms with Gasteiger partial charge in [0.25, 0.3) is 0 Å². The molecule has 0 unspecified atom stereocenters. The summed E-state index contributed by atoms with van der Waals surface area (Å²) in [6.07, 6.45) is 3.07. The first-order valence-electron chi connectivity index (χ1n) is 5.12. The van der Waals surface area contributed by atoms with E-state index in [-0.39, 0.29) is 11.5 Å². The highest BCUT2D eigenvalue weighted by Crippen LogP contribution is 2.24. The number of hydrogen-bond donors (Lipinski definition) is 2. The number of nitrogens with one attached hydrogen (secondary N) is 1. The molecule has 0 aliphatic rings. The van der Waals surface area contributed by atoms with Gasteiger partial charge in [-0.15, -0.1) is 0 Å². The number of aromatic hydroxyl groups is 1. The Kier molecular flexibility index (Phi) is 4.04. The number of allylic oxidation sites excluding steroid dienone is 1. The number of carbonyl (C=O) groups is 1. The SMILES string of the molecule is O=C(/C=C/c1cc(Br)c(Br)[nH]1)c1ccccc1O. The van der Waals surface area contributed by atoms with Crippen molar-refractivity contribution in [1.82, 2.24) is 4.98 Å². The normalized spacial score (nSPS) is 11.0. The van der Waals surface area contributed by atoms with Crippen LogP contribution in [-0.2, 0) is 0 Å². The molecule has 0 saturated carbocycles. The van der Waals surface area contributed by atoms with E-state index in [4.69, 9.17) is 0 Å². The maximum absolute atomic E-state index is 11.8. The number of phenolic OH excluding ortho intramolecular Hbond substituents is 1. The first-order valence-corrected chi connectivity index (χ1v) is 6.71. The van der Waals surface area contributed by atoms with Gasteiger partial charge in [0.1, 0.15) is 5.75 Å². The van der Waals surface area contributed by atoms with E-state index < -0.39 is 0 Å². The second kappa shape index (κ2) is 5.54. The van der Waals surface area contributed by atoms with Gasteiger partial charge in [-0.25, -0.2) is 0 Å². The summed E-state index contributed by atoms with van der Waals surface area (Å²) in [7, 11) is 0. The fraction of sp³-hybridized carbons (Fsp3) is 0. The topological polar surface area (TPSA) is 53.1 Å². The molecule has 0 bridgehead atoms. The highest BCUT2D eigenvalue weighted by atomic mass is 79.9. The van der Waals surface area contributed by atoms with Crippen LogP contribution in [0.2, 0.25) is 0 Å². The van der Waals surface area contributed by atoms with Crippen molar-refractivity contribution in [3.63, 3.8) is 0 Å². The van der Waals surface area contributed by atoms with Crippen molar-refractivity contribution in [1.29, 1.82) is 0 Å². The number of para-hydroxylation sites is 1. The standard InChI is InChI=1S/C13H9Br2NO2/c14-10-7-8(16-13(10)15)5-6-12(18)9-3-1-2-4-11(9)17/h1-7,16-17H/b6-5+. The molecule has 92 valence electrons. The smallest absolute Gasteiger partial charge is 0.189 e. The average molecular weight is 371 g/mol. The van der Waals surface area contributed by atoms with Gasteiger partial charge in [-0.2, -0.15) is 0 Å². The van der Waals surface area contributed by atoms with Gasteiger partial charge in [-0.3, -0.25) is 4.79 Å². The van der Waals surface area contributed by atoms with E-state index in [1.54, 1.807) is 24.3 Å². The zero-order valence-corrected chi connectivity index (χ0v) is 12.3. The molecule has 18 heavy (non-hydrogen) atoms. The summed E-state index contributed by atoms with van der Waals surface area (Å²) in [6, 6.07) is 8.31. The number of benzene rings is 1. The number of phenols is 1. The Labute approximate surface area is 121 Å². The van der Waals surface area contributed by atoms with Crippen LogP contribution in [0.1, 0.15) is 16.1 Å². The molecule has 2 rings (SSSR count). The number of rotatable bonds is 3. The fourth-order valence-corrected chi connectivity index (χ4v) is 2.14. The number of carbonyl (C=O) groups excluding carboxylic acids is 1. The zero-order chi connectivity index (χ0) is 13.1. The average Bonchev–Trinajstić information content (AvgIpc) is 2.66. The van der Waals surface area contributed by atoms with Crippen molar-refractivity contribution < 1.29 is 9.90 Å². The third-order valence-electron chi connectivity index (χ3n) is 2.33. The van der Waals surface area contributed by atoms with Crippen molar-refractivity contribution in [2.75, 3.05) is 0 Å². The van der Waals surface area contributed by atoms with Gasteiger partial charge in [0.05, 0.1) is 14.6 Å². The Balaban J connectivity index is 2.19. The van der Waals surface area contributed by atoms with Crippen LogP contribution < -0.4 is 0 Å². The Bertz CT molecular complexity index is 598. The molecule has 2 N–H and O–H groups in total. The van der Waals surface area contributed by atoms with Crippen LogP contribution in [-0.4, -0.2) is 15.9 Å². The third kappa shape index (κ3) is 2.91. The van der Waals surface area contributed by atoms with Crippen LogP contribution in [0.15, 0.2) is 45.5 Å². The van der Waals surface area contributed by atoms with Crippen molar-refractivity contribution >= 4 is 43.7 Å². The quantitative estimate of drug-likeness (QED) is 0.630. The number of hydrogen-bond acceptors (Lipinski definition) is 2. The molecule has 0 saturated heterocycles. The first-order chi connectivity index (χ1) is 8.58. The van der Waals surface area contributed by atoms with E-state index in [9.17, 15) is 9.90 Å². The number of halogens is 2. The number of aromatic amines is 1. The largest absolute Gasteiger partial charge is 0.507 e. The molecule has 0 amide bonds. The van der Waals surface area contributed by atoms with E-state index in [2.05, 4.69) is 36.8 Å². The molecular formula is C13H9Br2NO2. The number of ketones is 1. The summed E-state index contributed by atoms with van der Waals surface area (Å²) in [5, 5.41) is 9.55. The van der Waals surface area contributed by atoms with Crippen molar-refractivity contribution in [2.24, 2.45) is 0 Å². The summed E-state index contributed by atoms with van der Waals surface area (Å²) in [6.45, 7) is 0. The van der Waals surface area contributed by atoms with E-state index in [0.717, 1.165) is 14.8 Å². The van der Waals surface area contributed by atoms with E-state index >= 15 is 0 Å². The van der Waals surface area contributed by atoms with Gasteiger partial charge in [0.2, 0.25) is 0 Å². The molecule has 0 aliphatic carbocycles. The lowest BCUT2D eigenvalue weighted by Gasteiger charge is -1.98. The van der Waals surface area contributed by atoms with Gasteiger partial charge < -0.3 is 10.1 Å². The molecule has 3 nitrogen and oxygen atoms in total. The van der Waals surface area contributed by atoms with Crippen molar-refractivity contribution in [3.8, 4) is 5.75 Å². The molecule has 1 heterocycles. The summed E-state index contributed by atoms with van der Waals surface area (Å²) in [4.78, 5) is 14.9. The van der Waals surface area contributed by atoms with Crippen molar-refractivity contribution in [3.05, 3.63) is 56.7 Å². The zero-order valence-electron chi connectivity index (χ0n) is 9.15. The van der Waals surface area contributed by atoms with Gasteiger partial charge >= 0.3 is 0 Å². The lowest BCUT2D eigenvalue weighted by molar-refractivity contribution is 0.104. The van der Waals surface area contributed by atoms with Gasteiger partial charge in [0, 0.05) is 5.69 Å². The molecule has 1 aromatic heterocycles. The fourth-order valence-electron chi connectivity index (χ4n) is 1.45. The minimum absolute atomic E-state index is 0.0130. The van der Waals surface area contributed by atoms with Crippen LogP contribution in [0, 0.1) is 0 Å². The summed E-state index contributed by atoms with van der Waals surface area (Å²) < 4.78 is 1.70. The first kappa shape index (κ1) is 13.1. The molecule has 0 spiro atoms. The minimum Gasteiger partial charge on any atom is -0.507 e.